The summed E-state index contributed by atoms with van der Waals surface area (Å²) >= 11 is 0. The van der Waals surface area contributed by atoms with E-state index in [9.17, 15) is 4.79 Å². The van der Waals surface area contributed by atoms with Crippen molar-refractivity contribution in [2.24, 2.45) is 0 Å². The molecule has 0 bridgehead atoms. The Bertz CT molecular complexity index is 1260. The summed E-state index contributed by atoms with van der Waals surface area (Å²) in [5, 5.41) is 17.3. The van der Waals surface area contributed by atoms with Gasteiger partial charge in [0.2, 0.25) is 5.82 Å². The zero-order valence-corrected chi connectivity index (χ0v) is 19.5. The molecule has 0 radical (unpaired) electrons. The van der Waals surface area contributed by atoms with Crippen molar-refractivity contribution in [3.05, 3.63) is 60.6 Å². The van der Waals surface area contributed by atoms with Gasteiger partial charge in [0.05, 0.1) is 24.6 Å². The molecule has 1 aliphatic heterocycles. The van der Waals surface area contributed by atoms with Crippen LogP contribution in [0.15, 0.2) is 54.7 Å². The summed E-state index contributed by atoms with van der Waals surface area (Å²) < 4.78 is 5.54. The monoisotopic (exact) mass is 456 g/mol. The predicted octanol–water partition coefficient (Wildman–Crippen LogP) is 3.62. The maximum atomic E-state index is 12.8. The number of aromatic nitrogens is 2. The average Bonchev–Trinajstić information content (AvgIpc) is 2.87. The van der Waals surface area contributed by atoms with Crippen molar-refractivity contribution in [1.29, 1.82) is 5.26 Å². The van der Waals surface area contributed by atoms with E-state index in [1.165, 1.54) is 0 Å². The van der Waals surface area contributed by atoms with Gasteiger partial charge in [-0.1, -0.05) is 24.8 Å². The van der Waals surface area contributed by atoms with Gasteiger partial charge < -0.3 is 20.3 Å². The van der Waals surface area contributed by atoms with Crippen molar-refractivity contribution < 1.29 is 9.53 Å². The van der Waals surface area contributed by atoms with E-state index in [-0.39, 0.29) is 17.8 Å². The predicted molar refractivity (Wildman–Crippen MR) is 133 cm³/mol. The van der Waals surface area contributed by atoms with Crippen LogP contribution in [-0.2, 0) is 0 Å². The van der Waals surface area contributed by atoms with Crippen LogP contribution in [0, 0.1) is 11.3 Å². The van der Waals surface area contributed by atoms with Gasteiger partial charge in [0.1, 0.15) is 5.75 Å². The fourth-order valence-corrected chi connectivity index (χ4v) is 4.08. The van der Waals surface area contributed by atoms with E-state index in [0.717, 1.165) is 48.0 Å². The molecule has 4 rings (SSSR count). The third kappa shape index (κ3) is 5.16. The number of carbonyl (C=O) groups is 1. The number of methoxy groups -OCH3 is 1. The third-order valence-corrected chi connectivity index (χ3v) is 6.05. The van der Waals surface area contributed by atoms with Gasteiger partial charge in [0, 0.05) is 35.3 Å². The number of amides is 1. The van der Waals surface area contributed by atoms with Gasteiger partial charge in [-0.2, -0.15) is 5.26 Å². The molecule has 1 amide bonds. The second-order valence-corrected chi connectivity index (χ2v) is 8.46. The molecule has 0 aliphatic carbocycles. The summed E-state index contributed by atoms with van der Waals surface area (Å²) in [5.41, 5.74) is 2.69. The Morgan fingerprint density at radius 3 is 2.76 bits per heavy atom. The molecule has 8 heteroatoms. The van der Waals surface area contributed by atoms with Crippen LogP contribution < -0.4 is 15.4 Å². The first-order valence-electron chi connectivity index (χ1n) is 11.2. The number of hydrogen-bond acceptors (Lipinski definition) is 7. The number of fused-ring (bicyclic) bond motifs is 1. The Balaban J connectivity index is 1.62. The van der Waals surface area contributed by atoms with E-state index in [1.807, 2.05) is 30.3 Å². The quantitative estimate of drug-likeness (QED) is 0.524. The number of benzene rings is 2. The highest BCUT2D eigenvalue weighted by atomic mass is 16.5. The Labute approximate surface area is 199 Å². The fourth-order valence-electron chi connectivity index (χ4n) is 4.08. The molecular formula is C26H28N6O2. The summed E-state index contributed by atoms with van der Waals surface area (Å²) in [6.45, 7) is 5.98. The van der Waals surface area contributed by atoms with Crippen molar-refractivity contribution in [2.45, 2.75) is 18.9 Å². The summed E-state index contributed by atoms with van der Waals surface area (Å²) in [5.74, 6) is 0.568. The van der Waals surface area contributed by atoms with Crippen LogP contribution in [0.1, 0.15) is 23.5 Å². The lowest BCUT2D eigenvalue weighted by Crippen LogP contribution is -2.43. The Morgan fingerprint density at radius 1 is 1.26 bits per heavy atom. The van der Waals surface area contributed by atoms with Gasteiger partial charge in [-0.25, -0.2) is 9.97 Å². The number of nitrogens with one attached hydrogen (secondary N) is 2. The number of nitrogens with zero attached hydrogens (tertiary/aromatic N) is 4. The number of piperidine rings is 1. The highest BCUT2D eigenvalue weighted by molar-refractivity contribution is 5.99. The van der Waals surface area contributed by atoms with E-state index in [1.54, 1.807) is 19.4 Å². The lowest BCUT2D eigenvalue weighted by molar-refractivity contribution is 0.0906. The number of likely N-dealkylation sites (tertiary alicyclic amines) is 1. The molecule has 1 aliphatic rings. The lowest BCUT2D eigenvalue weighted by Gasteiger charge is -2.29. The first-order chi connectivity index (χ1) is 16.5. The van der Waals surface area contributed by atoms with Crippen LogP contribution in [0.4, 0.5) is 5.69 Å². The van der Waals surface area contributed by atoms with E-state index < -0.39 is 0 Å². The molecule has 8 nitrogen and oxygen atoms in total. The second kappa shape index (κ2) is 10.3. The third-order valence-electron chi connectivity index (χ3n) is 6.05. The van der Waals surface area contributed by atoms with Crippen LogP contribution in [0.3, 0.4) is 0 Å². The first-order valence-corrected chi connectivity index (χ1v) is 11.2. The van der Waals surface area contributed by atoms with Crippen molar-refractivity contribution in [2.75, 3.05) is 39.1 Å². The zero-order valence-electron chi connectivity index (χ0n) is 19.5. The second-order valence-electron chi connectivity index (χ2n) is 8.46. The molecule has 1 fully saturated rings. The van der Waals surface area contributed by atoms with E-state index >= 15 is 0 Å². The van der Waals surface area contributed by atoms with Crippen LogP contribution in [-0.4, -0.2) is 60.6 Å². The first kappa shape index (κ1) is 23.2. The number of hydrogen-bond donors (Lipinski definition) is 2. The molecule has 34 heavy (non-hydrogen) atoms. The van der Waals surface area contributed by atoms with Gasteiger partial charge in [0.25, 0.3) is 5.91 Å². The number of carbonyl (C=O) groups excluding carboxylic acids is 1. The van der Waals surface area contributed by atoms with Crippen LogP contribution in [0.5, 0.6) is 5.75 Å². The molecule has 1 aromatic heterocycles. The normalized spacial score (nSPS) is 14.4. The molecule has 0 spiro atoms. The zero-order chi connectivity index (χ0) is 24.1. The van der Waals surface area contributed by atoms with Crippen molar-refractivity contribution in [3.63, 3.8) is 0 Å². The number of ether oxygens (including phenoxy) is 1. The van der Waals surface area contributed by atoms with Gasteiger partial charge in [-0.05, 0) is 56.6 Å². The molecule has 1 saturated heterocycles. The molecule has 2 aromatic carbocycles. The summed E-state index contributed by atoms with van der Waals surface area (Å²) in [6, 6.07) is 13.8. The van der Waals surface area contributed by atoms with Crippen LogP contribution in [0.2, 0.25) is 0 Å². The molecule has 0 saturated carbocycles. The van der Waals surface area contributed by atoms with Crippen LogP contribution >= 0.6 is 0 Å². The Morgan fingerprint density at radius 2 is 2.03 bits per heavy atom. The lowest BCUT2D eigenvalue weighted by atomic mass is 10.0. The SMILES string of the molecule is C=C(C#N)CNc1c(OC)ccc2ccc(-c3ccnc(C(=O)NC4CCN(C)CC4)n3)cc12. The number of nitriles is 1. The Kier molecular flexibility index (Phi) is 7.04. The minimum absolute atomic E-state index is 0.140. The molecular weight excluding hydrogens is 428 g/mol. The van der Waals surface area contributed by atoms with E-state index in [4.69, 9.17) is 10.00 Å². The van der Waals surface area contributed by atoms with Gasteiger partial charge in [-0.15, -0.1) is 0 Å². The number of rotatable bonds is 7. The highest BCUT2D eigenvalue weighted by Crippen LogP contribution is 2.35. The largest absolute Gasteiger partial charge is 0.495 e. The molecule has 2 N–H and O–H groups in total. The van der Waals surface area contributed by atoms with Crippen molar-refractivity contribution >= 4 is 22.4 Å². The molecule has 0 atom stereocenters. The Hall–Kier alpha value is -3.96. The van der Waals surface area contributed by atoms with Crippen molar-refractivity contribution in [3.8, 4) is 23.1 Å². The topological polar surface area (TPSA) is 103 Å². The maximum absolute atomic E-state index is 12.8. The summed E-state index contributed by atoms with van der Waals surface area (Å²) in [4.78, 5) is 23.8. The van der Waals surface area contributed by atoms with Crippen LogP contribution in [0.25, 0.3) is 22.0 Å². The minimum Gasteiger partial charge on any atom is -0.495 e. The smallest absolute Gasteiger partial charge is 0.289 e. The maximum Gasteiger partial charge on any atom is 0.289 e. The number of anilines is 1. The summed E-state index contributed by atoms with van der Waals surface area (Å²) in [6.07, 6.45) is 3.45. The van der Waals surface area contributed by atoms with Crippen molar-refractivity contribution in [1.82, 2.24) is 20.2 Å². The standard InChI is InChI=1S/C26H28N6O2/c1-17(15-27)16-29-24-21-14-19(5-4-18(21)6-7-23(24)34-3)22-8-11-28-25(31-22)26(33)30-20-9-12-32(2)13-10-20/h4-8,11,14,20,29H,1,9-10,12-13,16H2,2-3H3,(H,30,33). The highest BCUT2D eigenvalue weighted by Gasteiger charge is 2.20. The molecule has 174 valence electrons. The molecule has 0 unspecified atom stereocenters. The molecule has 3 aromatic rings. The molecule has 2 heterocycles. The minimum atomic E-state index is -0.253. The van der Waals surface area contributed by atoms with Gasteiger partial charge >= 0.3 is 0 Å². The van der Waals surface area contributed by atoms with Gasteiger partial charge in [-0.3, -0.25) is 4.79 Å². The van der Waals surface area contributed by atoms with Gasteiger partial charge in [0.15, 0.2) is 0 Å². The average molecular weight is 457 g/mol. The van der Waals surface area contributed by atoms with E-state index in [2.05, 4.69) is 45.2 Å². The van der Waals surface area contributed by atoms with E-state index in [0.29, 0.717) is 23.6 Å². The fraction of sp³-hybridized carbons (Fsp3) is 0.308. The summed E-state index contributed by atoms with van der Waals surface area (Å²) in [7, 11) is 3.69.